The number of hydrogen-bond acceptors (Lipinski definition) is 4. The van der Waals surface area contributed by atoms with Crippen molar-refractivity contribution >= 4 is 44.8 Å². The van der Waals surface area contributed by atoms with Crippen molar-refractivity contribution in [2.75, 3.05) is 17.7 Å². The molecule has 0 heterocycles. The maximum atomic E-state index is 13.3. The van der Waals surface area contributed by atoms with Crippen LogP contribution in [-0.4, -0.2) is 13.0 Å². The minimum Gasteiger partial charge on any atom is -0.493 e. The molecule has 0 fully saturated rings. The number of carbonyl (C=O) groups excluding carboxylic acids is 1. The summed E-state index contributed by atoms with van der Waals surface area (Å²) in [5.41, 5.74) is 3.25. The first kappa shape index (κ1) is 25.8. The Bertz CT molecular complexity index is 1160. The van der Waals surface area contributed by atoms with Crippen molar-refractivity contribution in [3.63, 3.8) is 0 Å². The van der Waals surface area contributed by atoms with Gasteiger partial charge in [-0.2, -0.15) is 0 Å². The number of methoxy groups -OCH3 is 1. The third kappa shape index (κ3) is 7.37. The monoisotopic (exact) mass is 548 g/mol. The number of anilines is 2. The Kier molecular flexibility index (Phi) is 9.19. The molecule has 180 valence electrons. The van der Waals surface area contributed by atoms with E-state index in [0.29, 0.717) is 41.0 Å². The van der Waals surface area contributed by atoms with Crippen LogP contribution in [0.3, 0.4) is 0 Å². The van der Waals surface area contributed by atoms with Gasteiger partial charge in [0, 0.05) is 34.4 Å². The van der Waals surface area contributed by atoms with Crippen molar-refractivity contribution in [2.45, 2.75) is 33.4 Å². The van der Waals surface area contributed by atoms with Crippen molar-refractivity contribution in [1.29, 1.82) is 0 Å². The van der Waals surface area contributed by atoms with Gasteiger partial charge in [0.15, 0.2) is 11.5 Å². The molecule has 0 aliphatic heterocycles. The van der Waals surface area contributed by atoms with E-state index in [1.54, 1.807) is 13.2 Å². The van der Waals surface area contributed by atoms with Crippen LogP contribution < -0.4 is 20.1 Å². The number of nitrogens with one attached hydrogen (secondary N) is 2. The lowest BCUT2D eigenvalue weighted by molar-refractivity contribution is -0.116. The summed E-state index contributed by atoms with van der Waals surface area (Å²) in [7, 11) is 1.57. The van der Waals surface area contributed by atoms with Crippen LogP contribution in [0.25, 0.3) is 0 Å². The predicted octanol–water partition coefficient (Wildman–Crippen LogP) is 7.43. The highest BCUT2D eigenvalue weighted by Gasteiger charge is 2.12. The first-order valence-corrected chi connectivity index (χ1v) is 12.0. The minimum atomic E-state index is -0.394. The minimum absolute atomic E-state index is 0.00264. The highest BCUT2D eigenvalue weighted by Crippen LogP contribution is 2.35. The summed E-state index contributed by atoms with van der Waals surface area (Å²) < 4.78 is 25.5. The Morgan fingerprint density at radius 3 is 2.53 bits per heavy atom. The molecule has 8 heteroatoms. The van der Waals surface area contributed by atoms with E-state index in [2.05, 4.69) is 26.6 Å². The zero-order valence-electron chi connectivity index (χ0n) is 19.3. The number of carbonyl (C=O) groups is 1. The molecule has 0 saturated carbocycles. The average Bonchev–Trinajstić information content (AvgIpc) is 2.77. The van der Waals surface area contributed by atoms with E-state index in [0.717, 1.165) is 21.4 Å². The standard InChI is InChI=1S/C26H27BrClFN2O3/c1-16(2)9-26(32)31-21-6-4-5-20(12-21)30-14-18-10-24(33-3)25(13-22(18)27)34-15-17-7-8-19(29)11-23(17)28/h4-8,10-13,16,30H,9,14-15H2,1-3H3,(H,31,32). The largest absolute Gasteiger partial charge is 0.493 e. The molecule has 0 aliphatic carbocycles. The smallest absolute Gasteiger partial charge is 0.224 e. The van der Waals surface area contributed by atoms with Crippen molar-refractivity contribution < 1.29 is 18.7 Å². The third-order valence-corrected chi connectivity index (χ3v) is 6.04. The van der Waals surface area contributed by atoms with Crippen molar-refractivity contribution in [2.24, 2.45) is 5.92 Å². The molecule has 3 aromatic carbocycles. The van der Waals surface area contributed by atoms with Gasteiger partial charge in [0.05, 0.1) is 12.1 Å². The van der Waals surface area contributed by atoms with Crippen LogP contribution in [-0.2, 0) is 17.9 Å². The zero-order valence-corrected chi connectivity index (χ0v) is 21.6. The molecule has 0 radical (unpaired) electrons. The maximum absolute atomic E-state index is 13.3. The van der Waals surface area contributed by atoms with Crippen LogP contribution in [0.15, 0.2) is 59.1 Å². The van der Waals surface area contributed by atoms with Crippen molar-refractivity contribution in [3.8, 4) is 11.5 Å². The normalized spacial score (nSPS) is 10.8. The van der Waals surface area contributed by atoms with Crippen LogP contribution >= 0.6 is 27.5 Å². The van der Waals surface area contributed by atoms with Crippen LogP contribution in [0.1, 0.15) is 31.4 Å². The number of amides is 1. The van der Waals surface area contributed by atoms with E-state index in [1.165, 1.54) is 12.1 Å². The van der Waals surface area contributed by atoms with Gasteiger partial charge in [0.2, 0.25) is 5.91 Å². The quantitative estimate of drug-likeness (QED) is 0.276. The van der Waals surface area contributed by atoms with Gasteiger partial charge in [0.25, 0.3) is 0 Å². The van der Waals surface area contributed by atoms with Gasteiger partial charge in [-0.25, -0.2) is 4.39 Å². The Morgan fingerprint density at radius 2 is 1.82 bits per heavy atom. The van der Waals surface area contributed by atoms with Gasteiger partial charge < -0.3 is 20.1 Å². The van der Waals surface area contributed by atoms with E-state index in [4.69, 9.17) is 21.1 Å². The maximum Gasteiger partial charge on any atom is 0.224 e. The Labute approximate surface area is 212 Å². The molecular weight excluding hydrogens is 523 g/mol. The molecule has 34 heavy (non-hydrogen) atoms. The zero-order chi connectivity index (χ0) is 24.7. The number of rotatable bonds is 10. The fourth-order valence-corrected chi connectivity index (χ4v) is 3.95. The molecule has 0 bridgehead atoms. The van der Waals surface area contributed by atoms with Crippen molar-refractivity contribution in [1.82, 2.24) is 0 Å². The van der Waals surface area contributed by atoms with Gasteiger partial charge in [0.1, 0.15) is 12.4 Å². The van der Waals surface area contributed by atoms with Crippen molar-refractivity contribution in [3.05, 3.63) is 81.0 Å². The highest BCUT2D eigenvalue weighted by molar-refractivity contribution is 9.10. The Hall–Kier alpha value is -2.77. The molecule has 3 aromatic rings. The summed E-state index contributed by atoms with van der Waals surface area (Å²) in [5, 5.41) is 6.60. The first-order valence-electron chi connectivity index (χ1n) is 10.8. The third-order valence-electron chi connectivity index (χ3n) is 4.95. The van der Waals surface area contributed by atoms with Crippen LogP contribution in [0.2, 0.25) is 5.02 Å². The number of hydrogen-bond donors (Lipinski definition) is 2. The Balaban J connectivity index is 1.66. The fraction of sp³-hybridized carbons (Fsp3) is 0.269. The predicted molar refractivity (Wildman–Crippen MR) is 138 cm³/mol. The van der Waals surface area contributed by atoms with Gasteiger partial charge in [-0.1, -0.05) is 53.5 Å². The molecule has 5 nitrogen and oxygen atoms in total. The average molecular weight is 550 g/mol. The lowest BCUT2D eigenvalue weighted by Gasteiger charge is -2.16. The van der Waals surface area contributed by atoms with E-state index >= 15 is 0 Å². The second kappa shape index (κ2) is 12.1. The lowest BCUT2D eigenvalue weighted by Crippen LogP contribution is -2.13. The molecular formula is C26H27BrClFN2O3. The summed E-state index contributed by atoms with van der Waals surface area (Å²) in [5.74, 6) is 1.00. The number of halogens is 3. The van der Waals surface area contributed by atoms with Gasteiger partial charge in [-0.15, -0.1) is 0 Å². The van der Waals surface area contributed by atoms with Crippen LogP contribution in [0, 0.1) is 11.7 Å². The molecule has 0 spiro atoms. The molecule has 0 aliphatic rings. The summed E-state index contributed by atoms with van der Waals surface area (Å²) in [4.78, 5) is 12.1. The second-order valence-corrected chi connectivity index (χ2v) is 9.46. The Morgan fingerprint density at radius 1 is 1.06 bits per heavy atom. The SMILES string of the molecule is COc1cc(CNc2cccc(NC(=O)CC(C)C)c2)c(Br)cc1OCc1ccc(F)cc1Cl. The van der Waals surface area contributed by atoms with Gasteiger partial charge >= 0.3 is 0 Å². The fourth-order valence-electron chi connectivity index (χ4n) is 3.27. The number of ether oxygens (including phenoxy) is 2. The summed E-state index contributed by atoms with van der Waals surface area (Å²) in [6.45, 7) is 4.72. The van der Waals surface area contributed by atoms with E-state index < -0.39 is 5.82 Å². The van der Waals surface area contributed by atoms with E-state index in [-0.39, 0.29) is 12.5 Å². The lowest BCUT2D eigenvalue weighted by atomic mass is 10.1. The summed E-state index contributed by atoms with van der Waals surface area (Å²) in [6.07, 6.45) is 0.478. The molecule has 2 N–H and O–H groups in total. The van der Waals surface area contributed by atoms with Gasteiger partial charge in [-0.05, 0) is 53.9 Å². The second-order valence-electron chi connectivity index (χ2n) is 8.20. The summed E-state index contributed by atoms with van der Waals surface area (Å²) in [6, 6.07) is 15.5. The number of benzene rings is 3. The highest BCUT2D eigenvalue weighted by atomic mass is 79.9. The van der Waals surface area contributed by atoms with Crippen LogP contribution in [0.4, 0.5) is 15.8 Å². The molecule has 3 rings (SSSR count). The molecule has 0 aromatic heterocycles. The van der Waals surface area contributed by atoms with Gasteiger partial charge in [-0.3, -0.25) is 4.79 Å². The molecule has 0 unspecified atom stereocenters. The van der Waals surface area contributed by atoms with E-state index in [1.807, 2.05) is 50.2 Å². The molecule has 0 saturated heterocycles. The first-order chi connectivity index (χ1) is 16.2. The molecule has 1 amide bonds. The van der Waals surface area contributed by atoms with Crippen LogP contribution in [0.5, 0.6) is 11.5 Å². The summed E-state index contributed by atoms with van der Waals surface area (Å²) >= 11 is 9.69. The topological polar surface area (TPSA) is 59.6 Å². The van der Waals surface area contributed by atoms with E-state index in [9.17, 15) is 9.18 Å². The molecule has 0 atom stereocenters.